The van der Waals surface area contributed by atoms with Gasteiger partial charge in [-0.1, -0.05) is 58.0 Å². The van der Waals surface area contributed by atoms with E-state index in [9.17, 15) is 18.0 Å². The van der Waals surface area contributed by atoms with Gasteiger partial charge < -0.3 is 15.4 Å². The molecule has 10 heteroatoms. The van der Waals surface area contributed by atoms with E-state index in [1.165, 1.54) is 13.8 Å². The maximum absolute atomic E-state index is 15.6. The quantitative estimate of drug-likeness (QED) is 0.346. The molecule has 1 saturated heterocycles. The average Bonchev–Trinajstić information content (AvgIpc) is 3.35. The topological polar surface area (TPSA) is 114 Å². The zero-order chi connectivity index (χ0) is 31.6. The Balaban J connectivity index is 1.52. The van der Waals surface area contributed by atoms with Crippen molar-refractivity contribution in [2.45, 2.75) is 103 Å². The van der Waals surface area contributed by atoms with Crippen LogP contribution in [0.1, 0.15) is 84.3 Å². The third-order valence-electron chi connectivity index (χ3n) is 8.35. The first-order valence-electron chi connectivity index (χ1n) is 15.2. The lowest BCUT2D eigenvalue weighted by Crippen LogP contribution is -2.59. The summed E-state index contributed by atoms with van der Waals surface area (Å²) in [4.78, 5) is 25.6. The summed E-state index contributed by atoms with van der Waals surface area (Å²) >= 11 is 0. The number of piperidine rings is 1. The Labute approximate surface area is 255 Å². The molecule has 3 N–H and O–H groups in total. The molecule has 2 amide bonds. The minimum Gasteiger partial charge on any atom is -0.490 e. The van der Waals surface area contributed by atoms with Gasteiger partial charge in [0.15, 0.2) is 0 Å². The van der Waals surface area contributed by atoms with Crippen LogP contribution in [-0.2, 0) is 26.0 Å². The number of amides is 2. The van der Waals surface area contributed by atoms with Crippen molar-refractivity contribution < 1.29 is 27.1 Å². The number of rotatable bonds is 10. The van der Waals surface area contributed by atoms with E-state index in [0.717, 1.165) is 16.7 Å². The van der Waals surface area contributed by atoms with Crippen molar-refractivity contribution >= 4 is 21.8 Å². The van der Waals surface area contributed by atoms with Crippen molar-refractivity contribution in [3.8, 4) is 16.9 Å². The summed E-state index contributed by atoms with van der Waals surface area (Å²) in [7, 11) is -3.73. The maximum Gasteiger partial charge on any atom is 0.259 e. The molecule has 1 aliphatic carbocycles. The number of carbonyl (C=O) groups is 2. The standard InChI is InChI=1S/C33H46FN3O5S/c1-21(2)26-9-7-8-10-27(26)28-15-23(16-30(38)37-43(40,41)22(3)4)11-14-29(28)42-25-13-12-24(17-25)36-31(39)33(34)18-32(5,6)19-35-20-33/h7-11,14-15,21-22,24-25,35H,12-13,16-20H2,1-6H3,(H,36,39)(H,37,38)/t24-,25-,33-/m1/s1. The van der Waals surface area contributed by atoms with Crippen molar-refractivity contribution in [2.24, 2.45) is 5.41 Å². The van der Waals surface area contributed by atoms with Crippen LogP contribution >= 0.6 is 0 Å². The molecular formula is C33H46FN3O5S. The van der Waals surface area contributed by atoms with Gasteiger partial charge in [-0.3, -0.25) is 14.3 Å². The predicted octanol–water partition coefficient (Wildman–Crippen LogP) is 5.02. The molecule has 0 unspecified atom stereocenters. The first-order valence-corrected chi connectivity index (χ1v) is 16.8. The monoisotopic (exact) mass is 615 g/mol. The Hall–Kier alpha value is -2.98. The van der Waals surface area contributed by atoms with Crippen LogP contribution in [0.3, 0.4) is 0 Å². The first kappa shape index (κ1) is 32.9. The second-order valence-electron chi connectivity index (χ2n) is 13.5. The molecule has 1 heterocycles. The van der Waals surface area contributed by atoms with E-state index in [1.807, 2.05) is 44.2 Å². The molecule has 3 atom stereocenters. The third kappa shape index (κ3) is 8.15. The second kappa shape index (κ2) is 12.9. The molecule has 1 saturated carbocycles. The predicted molar refractivity (Wildman–Crippen MR) is 167 cm³/mol. The van der Waals surface area contributed by atoms with Gasteiger partial charge >= 0.3 is 0 Å². The van der Waals surface area contributed by atoms with E-state index < -0.39 is 32.8 Å². The molecule has 2 fully saturated rings. The molecule has 8 nitrogen and oxygen atoms in total. The van der Waals surface area contributed by atoms with Crippen LogP contribution < -0.4 is 20.1 Å². The van der Waals surface area contributed by atoms with E-state index in [-0.39, 0.29) is 42.9 Å². The van der Waals surface area contributed by atoms with Crippen molar-refractivity contribution in [2.75, 3.05) is 13.1 Å². The molecule has 0 aromatic heterocycles. The Morgan fingerprint density at radius 2 is 1.77 bits per heavy atom. The maximum atomic E-state index is 15.6. The highest BCUT2D eigenvalue weighted by Crippen LogP contribution is 2.39. The van der Waals surface area contributed by atoms with Crippen LogP contribution in [0.5, 0.6) is 5.75 Å². The molecule has 1 aliphatic heterocycles. The molecule has 2 aromatic rings. The number of sulfonamides is 1. The summed E-state index contributed by atoms with van der Waals surface area (Å²) in [6, 6.07) is 13.3. The van der Waals surface area contributed by atoms with Gasteiger partial charge in [-0.05, 0) is 73.3 Å². The summed E-state index contributed by atoms with van der Waals surface area (Å²) in [6.45, 7) is 11.9. The number of halogens is 1. The molecule has 2 aromatic carbocycles. The van der Waals surface area contributed by atoms with Crippen molar-refractivity contribution in [3.05, 3.63) is 53.6 Å². The van der Waals surface area contributed by atoms with Crippen LogP contribution in [0, 0.1) is 5.41 Å². The van der Waals surface area contributed by atoms with Gasteiger partial charge in [0, 0.05) is 31.1 Å². The van der Waals surface area contributed by atoms with E-state index in [1.54, 1.807) is 6.07 Å². The Morgan fingerprint density at radius 1 is 1.05 bits per heavy atom. The number of hydrogen-bond acceptors (Lipinski definition) is 6. The molecular weight excluding hydrogens is 569 g/mol. The minimum absolute atomic E-state index is 0.0152. The number of hydrogen-bond donors (Lipinski definition) is 3. The largest absolute Gasteiger partial charge is 0.490 e. The molecule has 236 valence electrons. The third-order valence-corrected chi connectivity index (χ3v) is 10.1. The van der Waals surface area contributed by atoms with Crippen LogP contribution in [-0.4, -0.2) is 56.4 Å². The fourth-order valence-electron chi connectivity index (χ4n) is 6.06. The highest BCUT2D eigenvalue weighted by atomic mass is 32.2. The lowest BCUT2D eigenvalue weighted by Gasteiger charge is -2.39. The second-order valence-corrected chi connectivity index (χ2v) is 15.7. The smallest absolute Gasteiger partial charge is 0.259 e. The number of carbonyl (C=O) groups excluding carboxylic acids is 2. The Kier molecular flexibility index (Phi) is 9.91. The van der Waals surface area contributed by atoms with Crippen LogP contribution in [0.2, 0.25) is 0 Å². The minimum atomic E-state index is -3.73. The fourth-order valence-corrected chi connectivity index (χ4v) is 6.68. The van der Waals surface area contributed by atoms with Crippen molar-refractivity contribution in [1.29, 1.82) is 0 Å². The summed E-state index contributed by atoms with van der Waals surface area (Å²) in [6.07, 6.45) is 1.84. The van der Waals surface area contributed by atoms with E-state index in [2.05, 4.69) is 35.3 Å². The molecule has 43 heavy (non-hydrogen) atoms. The number of benzene rings is 2. The lowest BCUT2D eigenvalue weighted by molar-refractivity contribution is -0.137. The number of ether oxygens (including phenoxy) is 1. The summed E-state index contributed by atoms with van der Waals surface area (Å²) < 4.78 is 48.7. The van der Waals surface area contributed by atoms with Crippen LogP contribution in [0.25, 0.3) is 11.1 Å². The lowest BCUT2D eigenvalue weighted by atomic mass is 9.77. The average molecular weight is 616 g/mol. The van der Waals surface area contributed by atoms with E-state index in [4.69, 9.17) is 4.74 Å². The summed E-state index contributed by atoms with van der Waals surface area (Å²) in [5.74, 6) is -0.288. The Bertz CT molecular complexity index is 1440. The molecule has 0 bridgehead atoms. The van der Waals surface area contributed by atoms with Crippen LogP contribution in [0.15, 0.2) is 42.5 Å². The SMILES string of the molecule is CC(C)c1ccccc1-c1cc(CC(=O)NS(=O)(=O)C(C)C)ccc1O[C@@H]1CC[C@@H](NC(=O)[C@]2(F)CNCC(C)(C)C2)C1. The van der Waals surface area contributed by atoms with E-state index in [0.29, 0.717) is 37.1 Å². The summed E-state index contributed by atoms with van der Waals surface area (Å²) in [5.41, 5.74) is 1.32. The number of nitrogens with one attached hydrogen (secondary N) is 3. The van der Waals surface area contributed by atoms with Gasteiger partial charge in [0.1, 0.15) is 11.9 Å². The van der Waals surface area contributed by atoms with Crippen LogP contribution in [0.4, 0.5) is 4.39 Å². The van der Waals surface area contributed by atoms with E-state index >= 15 is 4.39 Å². The molecule has 0 radical (unpaired) electrons. The van der Waals surface area contributed by atoms with Crippen molar-refractivity contribution in [1.82, 2.24) is 15.4 Å². The molecule has 4 rings (SSSR count). The van der Waals surface area contributed by atoms with Crippen molar-refractivity contribution in [3.63, 3.8) is 0 Å². The first-order chi connectivity index (χ1) is 20.1. The normalized spacial score (nSPS) is 23.7. The molecule has 0 spiro atoms. The van der Waals surface area contributed by atoms with Gasteiger partial charge in [0.2, 0.25) is 21.6 Å². The van der Waals surface area contributed by atoms with Gasteiger partial charge in [-0.25, -0.2) is 12.8 Å². The number of alkyl halides is 1. The summed E-state index contributed by atoms with van der Waals surface area (Å²) in [5, 5.41) is 5.29. The Morgan fingerprint density at radius 3 is 2.44 bits per heavy atom. The highest BCUT2D eigenvalue weighted by Gasteiger charge is 2.47. The van der Waals surface area contributed by atoms with Gasteiger partial charge in [-0.2, -0.15) is 0 Å². The van der Waals surface area contributed by atoms with Gasteiger partial charge in [0.25, 0.3) is 5.91 Å². The molecule has 2 aliphatic rings. The van der Waals surface area contributed by atoms with Gasteiger partial charge in [-0.15, -0.1) is 0 Å². The fraction of sp³-hybridized carbons (Fsp3) is 0.576. The zero-order valence-electron chi connectivity index (χ0n) is 26.1. The highest BCUT2D eigenvalue weighted by molar-refractivity contribution is 7.90. The van der Waals surface area contributed by atoms with Gasteiger partial charge in [0.05, 0.1) is 11.7 Å². The zero-order valence-corrected chi connectivity index (χ0v) is 26.9.